The topological polar surface area (TPSA) is 20.3 Å². The molecule has 1 aliphatic rings. The molecule has 1 fully saturated rings. The Morgan fingerprint density at radius 1 is 1.67 bits per heavy atom. The van der Waals surface area contributed by atoms with Crippen molar-refractivity contribution in [3.8, 4) is 0 Å². The van der Waals surface area contributed by atoms with E-state index in [1.54, 1.807) is 4.90 Å². The lowest BCUT2D eigenvalue weighted by Crippen LogP contribution is -2.44. The Bertz CT molecular complexity index is 177. The van der Waals surface area contributed by atoms with E-state index in [0.29, 0.717) is 18.8 Å². The molecule has 1 aliphatic heterocycles. The van der Waals surface area contributed by atoms with Gasteiger partial charge in [-0.1, -0.05) is 0 Å². The Hall–Kier alpha value is -0.0300. The molecule has 0 amide bonds. The molecule has 0 aliphatic carbocycles. The maximum atomic E-state index is 11.9. The standard InChI is InChI=1S/C7H13F2NOS/c1-6-4-10(5-7(8)9)2-3-12(6)11/h6-7H,2-5H2,1H3. The van der Waals surface area contributed by atoms with Crippen molar-refractivity contribution < 1.29 is 13.0 Å². The first kappa shape index (κ1) is 10.1. The highest BCUT2D eigenvalue weighted by Crippen LogP contribution is 2.09. The van der Waals surface area contributed by atoms with Crippen molar-refractivity contribution in [2.24, 2.45) is 0 Å². The van der Waals surface area contributed by atoms with E-state index in [0.717, 1.165) is 0 Å². The average molecular weight is 197 g/mol. The Labute approximate surface area is 73.4 Å². The van der Waals surface area contributed by atoms with Crippen LogP contribution in [0.15, 0.2) is 0 Å². The Balaban J connectivity index is 2.35. The third-order valence-corrected chi connectivity index (χ3v) is 3.60. The first-order valence-electron chi connectivity index (χ1n) is 3.97. The molecule has 2 nitrogen and oxygen atoms in total. The molecule has 1 heterocycles. The molecule has 72 valence electrons. The molecule has 5 heteroatoms. The van der Waals surface area contributed by atoms with E-state index in [4.69, 9.17) is 0 Å². The van der Waals surface area contributed by atoms with Gasteiger partial charge in [0.2, 0.25) is 0 Å². The van der Waals surface area contributed by atoms with Crippen LogP contribution in [0.1, 0.15) is 6.92 Å². The van der Waals surface area contributed by atoms with Crippen molar-refractivity contribution in [2.45, 2.75) is 18.6 Å². The van der Waals surface area contributed by atoms with E-state index in [1.807, 2.05) is 6.92 Å². The summed E-state index contributed by atoms with van der Waals surface area (Å²) in [6, 6.07) is 0. The number of nitrogens with zero attached hydrogens (tertiary/aromatic N) is 1. The second-order valence-corrected chi connectivity index (χ2v) is 5.02. The summed E-state index contributed by atoms with van der Waals surface area (Å²) < 4.78 is 35.0. The fourth-order valence-electron chi connectivity index (χ4n) is 1.32. The van der Waals surface area contributed by atoms with Gasteiger partial charge in [-0.3, -0.25) is 9.11 Å². The van der Waals surface area contributed by atoms with Gasteiger partial charge in [0.15, 0.2) is 0 Å². The van der Waals surface area contributed by atoms with Crippen molar-refractivity contribution in [2.75, 3.05) is 25.4 Å². The maximum absolute atomic E-state index is 11.9. The van der Waals surface area contributed by atoms with Crippen LogP contribution in [0.2, 0.25) is 0 Å². The van der Waals surface area contributed by atoms with E-state index >= 15 is 0 Å². The van der Waals surface area contributed by atoms with Gasteiger partial charge in [0.05, 0.1) is 6.54 Å². The zero-order chi connectivity index (χ0) is 9.14. The molecule has 0 N–H and O–H groups in total. The molecule has 0 aromatic heterocycles. The van der Waals surface area contributed by atoms with Crippen LogP contribution in [0.4, 0.5) is 8.78 Å². The average Bonchev–Trinajstić information content (AvgIpc) is 1.96. The van der Waals surface area contributed by atoms with Crippen molar-refractivity contribution in [3.05, 3.63) is 0 Å². The summed E-state index contributed by atoms with van der Waals surface area (Å²) in [6.07, 6.45) is -2.27. The van der Waals surface area contributed by atoms with Gasteiger partial charge < -0.3 is 0 Å². The Morgan fingerprint density at radius 3 is 2.83 bits per heavy atom. The minimum absolute atomic E-state index is 0.0394. The predicted octanol–water partition coefficient (Wildman–Crippen LogP) is 0.704. The molecule has 0 aromatic rings. The molecule has 2 unspecified atom stereocenters. The van der Waals surface area contributed by atoms with Crippen LogP contribution < -0.4 is 0 Å². The highest BCUT2D eigenvalue weighted by atomic mass is 32.2. The van der Waals surface area contributed by atoms with Gasteiger partial charge in [0.1, 0.15) is 0 Å². The molecule has 1 saturated heterocycles. The molecule has 0 aromatic carbocycles. The van der Waals surface area contributed by atoms with Crippen molar-refractivity contribution in [1.82, 2.24) is 4.90 Å². The lowest BCUT2D eigenvalue weighted by Gasteiger charge is -2.29. The summed E-state index contributed by atoms with van der Waals surface area (Å²) in [7, 11) is -0.807. The molecule has 0 spiro atoms. The molecule has 0 radical (unpaired) electrons. The van der Waals surface area contributed by atoms with E-state index in [9.17, 15) is 13.0 Å². The Kier molecular flexibility index (Phi) is 3.58. The van der Waals surface area contributed by atoms with Gasteiger partial charge in [-0.15, -0.1) is 0 Å². The minimum atomic E-state index is -2.27. The number of halogens is 2. The van der Waals surface area contributed by atoms with E-state index in [-0.39, 0.29) is 11.8 Å². The fraction of sp³-hybridized carbons (Fsp3) is 1.00. The zero-order valence-corrected chi connectivity index (χ0v) is 7.82. The van der Waals surface area contributed by atoms with Crippen molar-refractivity contribution in [3.63, 3.8) is 0 Å². The van der Waals surface area contributed by atoms with Gasteiger partial charge in [-0.2, -0.15) is 0 Å². The highest BCUT2D eigenvalue weighted by Gasteiger charge is 2.23. The SMILES string of the molecule is CC1CN(CC(F)F)CCS1=O. The second-order valence-electron chi connectivity index (χ2n) is 3.05. The molecule has 12 heavy (non-hydrogen) atoms. The van der Waals surface area contributed by atoms with Crippen molar-refractivity contribution >= 4 is 10.8 Å². The van der Waals surface area contributed by atoms with Crippen molar-refractivity contribution in [1.29, 1.82) is 0 Å². The number of alkyl halides is 2. The predicted molar refractivity (Wildman–Crippen MR) is 44.9 cm³/mol. The summed E-state index contributed by atoms with van der Waals surface area (Å²) in [5, 5.41) is 0.0394. The molecular weight excluding hydrogens is 184 g/mol. The summed E-state index contributed by atoms with van der Waals surface area (Å²) in [4.78, 5) is 1.68. The van der Waals surface area contributed by atoms with E-state index < -0.39 is 17.2 Å². The van der Waals surface area contributed by atoms with Gasteiger partial charge >= 0.3 is 0 Å². The number of rotatable bonds is 2. The lowest BCUT2D eigenvalue weighted by molar-refractivity contribution is 0.0900. The van der Waals surface area contributed by atoms with Gasteiger partial charge in [-0.25, -0.2) is 8.78 Å². The summed E-state index contributed by atoms with van der Waals surface area (Å²) in [5.74, 6) is 0.536. The lowest BCUT2D eigenvalue weighted by atomic mass is 10.4. The van der Waals surface area contributed by atoms with Crippen LogP contribution in [-0.2, 0) is 10.8 Å². The summed E-state index contributed by atoms with van der Waals surface area (Å²) in [6.45, 7) is 2.74. The van der Waals surface area contributed by atoms with Gasteiger partial charge in [0.25, 0.3) is 6.43 Å². The normalized spacial score (nSPS) is 32.7. The van der Waals surface area contributed by atoms with E-state index in [1.165, 1.54) is 0 Å². The minimum Gasteiger partial charge on any atom is -0.296 e. The molecular formula is C7H13F2NOS. The molecule has 2 atom stereocenters. The summed E-state index contributed by atoms with van der Waals surface area (Å²) >= 11 is 0. The van der Waals surface area contributed by atoms with Gasteiger partial charge in [-0.05, 0) is 6.92 Å². The molecule has 0 saturated carbocycles. The van der Waals surface area contributed by atoms with E-state index in [2.05, 4.69) is 0 Å². The monoisotopic (exact) mass is 197 g/mol. The van der Waals surface area contributed by atoms with Crippen LogP contribution in [-0.4, -0.2) is 46.2 Å². The van der Waals surface area contributed by atoms with Crippen LogP contribution >= 0.6 is 0 Å². The fourth-order valence-corrected chi connectivity index (χ4v) is 2.54. The first-order valence-corrected chi connectivity index (χ1v) is 5.35. The largest absolute Gasteiger partial charge is 0.296 e. The quantitative estimate of drug-likeness (QED) is 0.649. The molecule has 0 bridgehead atoms. The number of hydrogen-bond donors (Lipinski definition) is 0. The third-order valence-electron chi connectivity index (χ3n) is 1.97. The smallest absolute Gasteiger partial charge is 0.251 e. The van der Waals surface area contributed by atoms with Crippen LogP contribution in [0, 0.1) is 0 Å². The summed E-state index contributed by atoms with van der Waals surface area (Å²) in [5.41, 5.74) is 0. The molecule has 1 rings (SSSR count). The number of hydrogen-bond acceptors (Lipinski definition) is 2. The zero-order valence-electron chi connectivity index (χ0n) is 7.00. The van der Waals surface area contributed by atoms with Crippen LogP contribution in [0.25, 0.3) is 0 Å². The van der Waals surface area contributed by atoms with Gasteiger partial charge in [0, 0.05) is 34.9 Å². The third kappa shape index (κ3) is 2.79. The highest BCUT2D eigenvalue weighted by molar-refractivity contribution is 7.85. The maximum Gasteiger partial charge on any atom is 0.251 e. The second kappa shape index (κ2) is 4.28. The van der Waals surface area contributed by atoms with Crippen LogP contribution in [0.5, 0.6) is 0 Å². The first-order chi connectivity index (χ1) is 5.59. The van der Waals surface area contributed by atoms with Crippen LogP contribution in [0.3, 0.4) is 0 Å². The Morgan fingerprint density at radius 2 is 2.33 bits per heavy atom.